The molecule has 3 aromatic rings. The monoisotopic (exact) mass is 372 g/mol. The highest BCUT2D eigenvalue weighted by Crippen LogP contribution is 2.47. The van der Waals surface area contributed by atoms with Gasteiger partial charge in [0.2, 0.25) is 0 Å². The molecule has 0 aliphatic carbocycles. The van der Waals surface area contributed by atoms with Crippen LogP contribution in [0.4, 0.5) is 19.0 Å². The number of hydrogen-bond donors (Lipinski definition) is 0. The zero-order chi connectivity index (χ0) is 19.2. The molecule has 0 saturated carbocycles. The van der Waals surface area contributed by atoms with Crippen LogP contribution in [0.1, 0.15) is 20.3 Å². The molecule has 4 nitrogen and oxygen atoms in total. The van der Waals surface area contributed by atoms with Gasteiger partial charge in [-0.2, -0.15) is 13.2 Å². The Bertz CT molecular complexity index is 970. The first-order valence-corrected chi connectivity index (χ1v) is 8.80. The molecule has 0 unspecified atom stereocenters. The second kappa shape index (κ2) is 6.18. The Kier molecular flexibility index (Phi) is 4.05. The van der Waals surface area contributed by atoms with Crippen molar-refractivity contribution < 1.29 is 13.2 Å². The van der Waals surface area contributed by atoms with E-state index < -0.39 is 17.6 Å². The molecule has 27 heavy (non-hydrogen) atoms. The third-order valence-electron chi connectivity index (χ3n) is 5.36. The molecule has 1 aromatic carbocycles. The van der Waals surface area contributed by atoms with Crippen LogP contribution in [0.5, 0.6) is 0 Å². The van der Waals surface area contributed by atoms with Gasteiger partial charge in [-0.3, -0.25) is 4.98 Å². The van der Waals surface area contributed by atoms with Crippen molar-refractivity contribution >= 4 is 16.7 Å². The maximum absolute atomic E-state index is 13.5. The summed E-state index contributed by atoms with van der Waals surface area (Å²) in [5, 5.41) is 0.756. The van der Waals surface area contributed by atoms with Crippen LogP contribution >= 0.6 is 0 Å². The van der Waals surface area contributed by atoms with E-state index in [-0.39, 0.29) is 6.42 Å². The molecular weight excluding hydrogens is 353 g/mol. The molecule has 0 spiro atoms. The average molecular weight is 372 g/mol. The van der Waals surface area contributed by atoms with Gasteiger partial charge in [-0.05, 0) is 44.5 Å². The third-order valence-corrected chi connectivity index (χ3v) is 5.36. The molecule has 0 N–H and O–H groups in total. The normalized spacial score (nSPS) is 19.6. The Labute approximate surface area is 155 Å². The van der Waals surface area contributed by atoms with E-state index >= 15 is 0 Å². The quantitative estimate of drug-likeness (QED) is 0.644. The van der Waals surface area contributed by atoms with Crippen LogP contribution in [0, 0.1) is 5.92 Å². The Balaban J connectivity index is 1.89. The fourth-order valence-corrected chi connectivity index (χ4v) is 3.93. The lowest BCUT2D eigenvalue weighted by molar-refractivity contribution is -0.183. The zero-order valence-electron chi connectivity index (χ0n) is 15.0. The van der Waals surface area contributed by atoms with Crippen molar-refractivity contribution in [1.29, 1.82) is 0 Å². The van der Waals surface area contributed by atoms with E-state index in [0.29, 0.717) is 23.7 Å². The summed E-state index contributed by atoms with van der Waals surface area (Å²) in [7, 11) is 0. The van der Waals surface area contributed by atoms with Crippen LogP contribution in [-0.2, 0) is 0 Å². The number of pyridine rings is 1. The van der Waals surface area contributed by atoms with Gasteiger partial charge in [0.05, 0.1) is 11.4 Å². The summed E-state index contributed by atoms with van der Waals surface area (Å²) in [6.07, 6.45) is -0.894. The van der Waals surface area contributed by atoms with Gasteiger partial charge in [0, 0.05) is 35.4 Å². The minimum Gasteiger partial charge on any atom is -0.350 e. The van der Waals surface area contributed by atoms with Crippen LogP contribution in [0.25, 0.3) is 22.3 Å². The van der Waals surface area contributed by atoms with E-state index in [9.17, 15) is 13.2 Å². The highest BCUT2D eigenvalue weighted by Gasteiger charge is 2.55. The topological polar surface area (TPSA) is 41.9 Å². The van der Waals surface area contributed by atoms with Crippen LogP contribution in [0.2, 0.25) is 0 Å². The molecule has 3 heterocycles. The highest BCUT2D eigenvalue weighted by atomic mass is 19.4. The summed E-state index contributed by atoms with van der Waals surface area (Å²) >= 11 is 0. The fraction of sp³-hybridized carbons (Fsp3) is 0.350. The molecule has 7 heteroatoms. The number of hydrogen-bond acceptors (Lipinski definition) is 4. The molecule has 140 valence electrons. The number of nitrogens with zero attached hydrogens (tertiary/aromatic N) is 4. The summed E-state index contributed by atoms with van der Waals surface area (Å²) in [4.78, 5) is 15.1. The van der Waals surface area contributed by atoms with Crippen molar-refractivity contribution in [3.8, 4) is 11.4 Å². The maximum atomic E-state index is 13.5. The molecule has 0 amide bonds. The van der Waals surface area contributed by atoms with Gasteiger partial charge < -0.3 is 4.90 Å². The van der Waals surface area contributed by atoms with E-state index in [1.807, 2.05) is 24.3 Å². The number of benzene rings is 1. The Morgan fingerprint density at radius 1 is 1.04 bits per heavy atom. The molecule has 0 bridgehead atoms. The van der Waals surface area contributed by atoms with Crippen LogP contribution in [-0.4, -0.2) is 33.2 Å². The zero-order valence-corrected chi connectivity index (χ0v) is 15.0. The summed E-state index contributed by atoms with van der Waals surface area (Å²) in [6.45, 7) is 3.58. The molecule has 1 aliphatic rings. The molecule has 1 atom stereocenters. The summed E-state index contributed by atoms with van der Waals surface area (Å²) in [6, 6.07) is 11.0. The van der Waals surface area contributed by atoms with E-state index in [0.717, 1.165) is 10.9 Å². The van der Waals surface area contributed by atoms with Crippen LogP contribution in [0.3, 0.4) is 0 Å². The SMILES string of the molecule is CC1(C)[C@@H](C(F)(F)F)CCN1c1nc(-c2ccncc2)nc2ccccc12. The number of anilines is 1. The highest BCUT2D eigenvalue weighted by molar-refractivity contribution is 5.91. The molecular formula is C20H19F3N4. The Morgan fingerprint density at radius 3 is 2.41 bits per heavy atom. The first-order valence-electron chi connectivity index (χ1n) is 8.80. The standard InChI is InChI=1S/C20H19F3N4/c1-19(2)16(20(21,22)23)9-12-27(19)18-14-5-3-4-6-15(14)25-17(26-18)13-7-10-24-11-8-13/h3-8,10-11,16H,9,12H2,1-2H3/t16-/m0/s1. The van der Waals surface area contributed by atoms with Crippen molar-refractivity contribution in [2.45, 2.75) is 32.0 Å². The summed E-state index contributed by atoms with van der Waals surface area (Å²) in [5.74, 6) is -0.371. The molecule has 2 aromatic heterocycles. The third kappa shape index (κ3) is 3.01. The predicted molar refractivity (Wildman–Crippen MR) is 98.4 cm³/mol. The summed E-state index contributed by atoms with van der Waals surface area (Å²) in [5.41, 5.74) is 0.396. The average Bonchev–Trinajstić information content (AvgIpc) is 2.96. The lowest BCUT2D eigenvalue weighted by Crippen LogP contribution is -2.47. The molecule has 4 rings (SSSR count). The molecule has 0 radical (unpaired) electrons. The van der Waals surface area contributed by atoms with Crippen molar-refractivity contribution in [3.05, 3.63) is 48.8 Å². The van der Waals surface area contributed by atoms with Crippen molar-refractivity contribution in [1.82, 2.24) is 15.0 Å². The number of aromatic nitrogens is 3. The lowest BCUT2D eigenvalue weighted by atomic mass is 9.88. The van der Waals surface area contributed by atoms with E-state index in [4.69, 9.17) is 0 Å². The molecule has 1 fully saturated rings. The summed E-state index contributed by atoms with van der Waals surface area (Å²) < 4.78 is 40.6. The predicted octanol–water partition coefficient (Wildman–Crippen LogP) is 4.86. The number of para-hydroxylation sites is 1. The van der Waals surface area contributed by atoms with Gasteiger partial charge in [-0.15, -0.1) is 0 Å². The Hall–Kier alpha value is -2.70. The van der Waals surface area contributed by atoms with Gasteiger partial charge in [0.1, 0.15) is 5.82 Å². The number of rotatable bonds is 2. The smallest absolute Gasteiger partial charge is 0.350 e. The maximum Gasteiger partial charge on any atom is 0.394 e. The van der Waals surface area contributed by atoms with Gasteiger partial charge >= 0.3 is 6.18 Å². The second-order valence-electron chi connectivity index (χ2n) is 7.31. The van der Waals surface area contributed by atoms with Crippen molar-refractivity contribution in [2.24, 2.45) is 5.92 Å². The first-order chi connectivity index (χ1) is 12.8. The van der Waals surface area contributed by atoms with Gasteiger partial charge in [0.25, 0.3) is 0 Å². The van der Waals surface area contributed by atoms with Gasteiger partial charge in [-0.1, -0.05) is 12.1 Å². The first kappa shape index (κ1) is 17.7. The lowest BCUT2D eigenvalue weighted by Gasteiger charge is -2.38. The van der Waals surface area contributed by atoms with Crippen molar-refractivity contribution in [2.75, 3.05) is 11.4 Å². The van der Waals surface area contributed by atoms with E-state index in [1.165, 1.54) is 0 Å². The van der Waals surface area contributed by atoms with E-state index in [2.05, 4.69) is 15.0 Å². The largest absolute Gasteiger partial charge is 0.394 e. The fourth-order valence-electron chi connectivity index (χ4n) is 3.93. The van der Waals surface area contributed by atoms with Crippen molar-refractivity contribution in [3.63, 3.8) is 0 Å². The Morgan fingerprint density at radius 2 is 1.74 bits per heavy atom. The number of halogens is 3. The molecule has 1 aliphatic heterocycles. The minimum absolute atomic E-state index is 0.0550. The molecule has 1 saturated heterocycles. The minimum atomic E-state index is -4.24. The van der Waals surface area contributed by atoms with E-state index in [1.54, 1.807) is 43.3 Å². The van der Waals surface area contributed by atoms with Crippen LogP contribution < -0.4 is 4.90 Å². The number of fused-ring (bicyclic) bond motifs is 1. The second-order valence-corrected chi connectivity index (χ2v) is 7.31. The number of alkyl halides is 3. The van der Waals surface area contributed by atoms with Gasteiger partial charge in [-0.25, -0.2) is 9.97 Å². The van der Waals surface area contributed by atoms with Crippen LogP contribution in [0.15, 0.2) is 48.8 Å². The van der Waals surface area contributed by atoms with Gasteiger partial charge in [0.15, 0.2) is 5.82 Å².